The SMILES string of the molecule is CCOC(=O)c1cc(C)sc1NC(=O)C(C)NC(C)=O. The summed E-state index contributed by atoms with van der Waals surface area (Å²) in [7, 11) is 0. The summed E-state index contributed by atoms with van der Waals surface area (Å²) in [6.45, 7) is 6.72. The van der Waals surface area contributed by atoms with Gasteiger partial charge in [0.2, 0.25) is 11.8 Å². The van der Waals surface area contributed by atoms with E-state index in [1.807, 2.05) is 6.92 Å². The lowest BCUT2D eigenvalue weighted by molar-refractivity contribution is -0.124. The molecule has 0 aliphatic carbocycles. The highest BCUT2D eigenvalue weighted by Gasteiger charge is 2.20. The molecule has 0 saturated heterocycles. The molecule has 0 radical (unpaired) electrons. The maximum Gasteiger partial charge on any atom is 0.341 e. The molecule has 1 aromatic heterocycles. The van der Waals surface area contributed by atoms with Gasteiger partial charge in [0, 0.05) is 11.8 Å². The summed E-state index contributed by atoms with van der Waals surface area (Å²) in [4.78, 5) is 35.5. The Morgan fingerprint density at radius 1 is 1.40 bits per heavy atom. The monoisotopic (exact) mass is 298 g/mol. The molecule has 110 valence electrons. The first-order chi connectivity index (χ1) is 9.35. The molecule has 6 nitrogen and oxygen atoms in total. The number of hydrogen-bond donors (Lipinski definition) is 2. The van der Waals surface area contributed by atoms with Crippen LogP contribution < -0.4 is 10.6 Å². The average molecular weight is 298 g/mol. The van der Waals surface area contributed by atoms with Crippen molar-refractivity contribution in [2.24, 2.45) is 0 Å². The minimum absolute atomic E-state index is 0.267. The molecule has 2 amide bonds. The summed E-state index contributed by atoms with van der Waals surface area (Å²) in [6, 6.07) is 0.992. The molecule has 1 unspecified atom stereocenters. The molecule has 0 fully saturated rings. The number of carbonyl (C=O) groups is 3. The summed E-state index contributed by atoms with van der Waals surface area (Å²) in [5.41, 5.74) is 0.331. The Hall–Kier alpha value is -1.89. The lowest BCUT2D eigenvalue weighted by Crippen LogP contribution is -2.40. The van der Waals surface area contributed by atoms with Crippen molar-refractivity contribution in [2.45, 2.75) is 33.7 Å². The molecule has 0 bridgehead atoms. The van der Waals surface area contributed by atoms with Crippen LogP contribution in [0.4, 0.5) is 5.00 Å². The fourth-order valence-electron chi connectivity index (χ4n) is 1.56. The largest absolute Gasteiger partial charge is 0.462 e. The zero-order valence-corrected chi connectivity index (χ0v) is 12.7. The van der Waals surface area contributed by atoms with Crippen LogP contribution in [0.2, 0.25) is 0 Å². The van der Waals surface area contributed by atoms with E-state index < -0.39 is 12.0 Å². The van der Waals surface area contributed by atoms with Gasteiger partial charge in [0.25, 0.3) is 0 Å². The van der Waals surface area contributed by atoms with Gasteiger partial charge in [-0.25, -0.2) is 4.79 Å². The number of rotatable bonds is 5. The number of amides is 2. The topological polar surface area (TPSA) is 84.5 Å². The summed E-state index contributed by atoms with van der Waals surface area (Å²) < 4.78 is 4.94. The third-order valence-electron chi connectivity index (χ3n) is 2.40. The van der Waals surface area contributed by atoms with E-state index in [1.54, 1.807) is 19.9 Å². The Kier molecular flexibility index (Phi) is 5.69. The van der Waals surface area contributed by atoms with Crippen molar-refractivity contribution in [1.29, 1.82) is 0 Å². The number of anilines is 1. The second kappa shape index (κ2) is 7.04. The number of hydrogen-bond acceptors (Lipinski definition) is 5. The highest BCUT2D eigenvalue weighted by Crippen LogP contribution is 2.28. The maximum absolute atomic E-state index is 11.9. The second-order valence-electron chi connectivity index (χ2n) is 4.23. The molecular formula is C13H18N2O4S. The highest BCUT2D eigenvalue weighted by atomic mass is 32.1. The lowest BCUT2D eigenvalue weighted by atomic mass is 10.2. The predicted molar refractivity (Wildman–Crippen MR) is 76.9 cm³/mol. The van der Waals surface area contributed by atoms with Gasteiger partial charge in [-0.2, -0.15) is 0 Å². The molecule has 0 aliphatic heterocycles. The Morgan fingerprint density at radius 2 is 2.05 bits per heavy atom. The Bertz CT molecular complexity index is 524. The van der Waals surface area contributed by atoms with E-state index in [4.69, 9.17) is 4.74 Å². The van der Waals surface area contributed by atoms with Crippen LogP contribution in [-0.2, 0) is 14.3 Å². The molecule has 1 aromatic rings. The van der Waals surface area contributed by atoms with E-state index in [9.17, 15) is 14.4 Å². The summed E-state index contributed by atoms with van der Waals surface area (Å²) in [5, 5.41) is 5.55. The van der Waals surface area contributed by atoms with Crippen molar-refractivity contribution in [3.63, 3.8) is 0 Å². The van der Waals surface area contributed by atoms with Crippen LogP contribution in [0, 0.1) is 6.92 Å². The van der Waals surface area contributed by atoms with Gasteiger partial charge >= 0.3 is 5.97 Å². The van der Waals surface area contributed by atoms with Crippen LogP contribution in [0.15, 0.2) is 6.07 Å². The van der Waals surface area contributed by atoms with Crippen LogP contribution >= 0.6 is 11.3 Å². The summed E-state index contributed by atoms with van der Waals surface area (Å²) in [5.74, 6) is -1.15. The normalized spacial score (nSPS) is 11.6. The van der Waals surface area contributed by atoms with Crippen LogP contribution in [0.5, 0.6) is 0 Å². The number of ether oxygens (including phenoxy) is 1. The molecule has 1 rings (SSSR count). The van der Waals surface area contributed by atoms with Crippen molar-refractivity contribution >= 4 is 34.1 Å². The van der Waals surface area contributed by atoms with Crippen LogP contribution in [0.3, 0.4) is 0 Å². The van der Waals surface area contributed by atoms with E-state index in [2.05, 4.69) is 10.6 Å². The number of carbonyl (C=O) groups excluding carboxylic acids is 3. The molecule has 20 heavy (non-hydrogen) atoms. The Labute approximate surface area is 121 Å². The summed E-state index contributed by atoms with van der Waals surface area (Å²) in [6.07, 6.45) is 0. The third-order valence-corrected chi connectivity index (χ3v) is 3.37. The molecule has 7 heteroatoms. The zero-order valence-electron chi connectivity index (χ0n) is 11.9. The van der Waals surface area contributed by atoms with Gasteiger partial charge in [-0.3, -0.25) is 9.59 Å². The van der Waals surface area contributed by atoms with Gasteiger partial charge in [-0.1, -0.05) is 0 Å². The van der Waals surface area contributed by atoms with Gasteiger partial charge in [-0.15, -0.1) is 11.3 Å². The molecule has 0 aromatic carbocycles. The van der Waals surface area contributed by atoms with Gasteiger partial charge in [0.15, 0.2) is 0 Å². The molecule has 0 spiro atoms. The van der Waals surface area contributed by atoms with Crippen molar-refractivity contribution < 1.29 is 19.1 Å². The first-order valence-corrected chi connectivity index (χ1v) is 7.02. The lowest BCUT2D eigenvalue weighted by Gasteiger charge is -2.12. The summed E-state index contributed by atoms with van der Waals surface area (Å²) >= 11 is 1.29. The number of esters is 1. The quantitative estimate of drug-likeness (QED) is 0.810. The Morgan fingerprint density at radius 3 is 2.60 bits per heavy atom. The van der Waals surface area contributed by atoms with E-state index >= 15 is 0 Å². The fourth-order valence-corrected chi connectivity index (χ4v) is 2.46. The van der Waals surface area contributed by atoms with Crippen LogP contribution in [-0.4, -0.2) is 30.4 Å². The molecule has 2 N–H and O–H groups in total. The van der Waals surface area contributed by atoms with E-state index in [0.717, 1.165) is 4.88 Å². The van der Waals surface area contributed by atoms with Gasteiger partial charge in [-0.05, 0) is 26.8 Å². The van der Waals surface area contributed by atoms with Crippen LogP contribution in [0.25, 0.3) is 0 Å². The predicted octanol–water partition coefficient (Wildman–Crippen LogP) is 1.70. The molecule has 0 saturated carbocycles. The van der Waals surface area contributed by atoms with Crippen molar-refractivity contribution in [2.75, 3.05) is 11.9 Å². The van der Waals surface area contributed by atoms with Gasteiger partial charge in [0.1, 0.15) is 11.0 Å². The zero-order chi connectivity index (χ0) is 15.3. The minimum atomic E-state index is -0.676. The first kappa shape index (κ1) is 16.2. The van der Waals surface area contributed by atoms with E-state index in [1.165, 1.54) is 18.3 Å². The number of nitrogens with one attached hydrogen (secondary N) is 2. The van der Waals surface area contributed by atoms with Crippen molar-refractivity contribution in [3.05, 3.63) is 16.5 Å². The number of aryl methyl sites for hydroxylation is 1. The van der Waals surface area contributed by atoms with E-state index in [-0.39, 0.29) is 18.4 Å². The van der Waals surface area contributed by atoms with Gasteiger partial charge in [0.05, 0.1) is 12.2 Å². The molecule has 1 heterocycles. The van der Waals surface area contributed by atoms with Crippen LogP contribution in [0.1, 0.15) is 36.0 Å². The smallest absolute Gasteiger partial charge is 0.341 e. The molecule has 1 atom stereocenters. The maximum atomic E-state index is 11.9. The number of thiophene rings is 1. The Balaban J connectivity index is 2.84. The van der Waals surface area contributed by atoms with E-state index in [0.29, 0.717) is 10.6 Å². The van der Waals surface area contributed by atoms with Crippen molar-refractivity contribution in [1.82, 2.24) is 5.32 Å². The minimum Gasteiger partial charge on any atom is -0.462 e. The second-order valence-corrected chi connectivity index (χ2v) is 5.49. The van der Waals surface area contributed by atoms with Gasteiger partial charge < -0.3 is 15.4 Å². The third kappa shape index (κ3) is 4.34. The fraction of sp³-hybridized carbons (Fsp3) is 0.462. The first-order valence-electron chi connectivity index (χ1n) is 6.20. The highest BCUT2D eigenvalue weighted by molar-refractivity contribution is 7.16. The molecular weight excluding hydrogens is 280 g/mol. The standard InChI is InChI=1S/C13H18N2O4S/c1-5-19-13(18)10-6-7(2)20-12(10)15-11(17)8(3)14-9(4)16/h6,8H,5H2,1-4H3,(H,14,16)(H,15,17). The van der Waals surface area contributed by atoms with Crippen molar-refractivity contribution in [3.8, 4) is 0 Å². The molecule has 0 aliphatic rings. The average Bonchev–Trinajstić information content (AvgIpc) is 2.69.